The molecule has 0 spiro atoms. The largest absolute Gasteiger partial charge is 1.00 e. The molecule has 0 aliphatic heterocycles. The Morgan fingerprint density at radius 2 is 2.00 bits per heavy atom. The molecule has 1 rings (SSSR count). The summed E-state index contributed by atoms with van der Waals surface area (Å²) in [6, 6.07) is 9.67. The van der Waals surface area contributed by atoms with Crippen LogP contribution in [-0.4, -0.2) is 49.0 Å². The molecule has 0 fully saturated rings. The Kier molecular flexibility index (Phi) is 12.1. The SMILES string of the molecule is C=CC=CC(C=CC#N)=Cc1cccc(CC(=C)C(=O)OC(C(C)O)[N+](C)(C)C)c1.[Cl-]. The van der Waals surface area contributed by atoms with E-state index in [0.29, 0.717) is 12.0 Å². The van der Waals surface area contributed by atoms with Crippen molar-refractivity contribution in [2.75, 3.05) is 21.1 Å². The van der Waals surface area contributed by atoms with Crippen LogP contribution in [0.2, 0.25) is 0 Å². The van der Waals surface area contributed by atoms with Crippen molar-refractivity contribution < 1.29 is 31.5 Å². The van der Waals surface area contributed by atoms with Gasteiger partial charge in [0, 0.05) is 18.1 Å². The van der Waals surface area contributed by atoms with Crippen LogP contribution in [0.15, 0.2) is 78.9 Å². The minimum atomic E-state index is -0.807. The summed E-state index contributed by atoms with van der Waals surface area (Å²) >= 11 is 0. The molecule has 0 saturated heterocycles. The molecule has 166 valence electrons. The second kappa shape index (κ2) is 13.4. The van der Waals surface area contributed by atoms with Crippen molar-refractivity contribution in [3.63, 3.8) is 0 Å². The fourth-order valence-corrected chi connectivity index (χ4v) is 2.87. The Bertz CT molecular complexity index is 900. The average Bonchev–Trinajstić information content (AvgIpc) is 2.67. The third kappa shape index (κ3) is 10.1. The van der Waals surface area contributed by atoms with Gasteiger partial charge in [-0.25, -0.2) is 4.79 Å². The van der Waals surface area contributed by atoms with Gasteiger partial charge >= 0.3 is 5.97 Å². The summed E-state index contributed by atoms with van der Waals surface area (Å²) in [6.07, 6.45) is 9.20. The van der Waals surface area contributed by atoms with Crippen molar-refractivity contribution in [1.29, 1.82) is 5.26 Å². The number of carbonyl (C=O) groups is 1. The molecule has 0 aliphatic rings. The van der Waals surface area contributed by atoms with Gasteiger partial charge < -0.3 is 22.3 Å². The van der Waals surface area contributed by atoms with E-state index in [0.717, 1.165) is 16.7 Å². The second-order valence-electron chi connectivity index (χ2n) is 7.88. The van der Waals surface area contributed by atoms with Crippen LogP contribution in [0.4, 0.5) is 0 Å². The van der Waals surface area contributed by atoms with Gasteiger partial charge in [0.2, 0.25) is 0 Å². The molecule has 2 atom stereocenters. The molecular weight excluding hydrogens is 412 g/mol. The lowest BCUT2D eigenvalue weighted by molar-refractivity contribution is -0.920. The number of carbonyl (C=O) groups excluding carboxylic acids is 1. The highest BCUT2D eigenvalue weighted by Crippen LogP contribution is 2.17. The zero-order valence-corrected chi connectivity index (χ0v) is 19.3. The van der Waals surface area contributed by atoms with E-state index in [1.165, 1.54) is 6.08 Å². The van der Waals surface area contributed by atoms with Crippen molar-refractivity contribution in [3.05, 3.63) is 90.1 Å². The summed E-state index contributed by atoms with van der Waals surface area (Å²) in [7, 11) is 5.55. The molecule has 1 aromatic carbocycles. The van der Waals surface area contributed by atoms with Crippen LogP contribution < -0.4 is 12.4 Å². The number of nitrogens with zero attached hydrogens (tertiary/aromatic N) is 2. The third-order valence-electron chi connectivity index (χ3n) is 4.17. The maximum atomic E-state index is 12.5. The van der Waals surface area contributed by atoms with Crippen LogP contribution in [-0.2, 0) is 16.0 Å². The number of aliphatic hydroxyl groups is 1. The summed E-state index contributed by atoms with van der Waals surface area (Å²) in [5, 5.41) is 18.7. The Balaban J connectivity index is 0.00000900. The lowest BCUT2D eigenvalue weighted by Crippen LogP contribution is -3.00. The van der Waals surface area contributed by atoms with Crippen LogP contribution in [0.5, 0.6) is 0 Å². The molecule has 6 heteroatoms. The molecule has 0 aromatic heterocycles. The summed E-state index contributed by atoms with van der Waals surface area (Å²) in [6.45, 7) is 9.12. The first-order valence-electron chi connectivity index (χ1n) is 9.62. The van der Waals surface area contributed by atoms with Crippen LogP contribution in [0, 0.1) is 11.3 Å². The fourth-order valence-electron chi connectivity index (χ4n) is 2.87. The number of halogens is 1. The Morgan fingerprint density at radius 3 is 2.55 bits per heavy atom. The number of ether oxygens (including phenoxy) is 1. The van der Waals surface area contributed by atoms with E-state index < -0.39 is 18.3 Å². The predicted octanol–water partition coefficient (Wildman–Crippen LogP) is 0.951. The zero-order valence-electron chi connectivity index (χ0n) is 18.6. The Labute approximate surface area is 192 Å². The third-order valence-corrected chi connectivity index (χ3v) is 4.17. The van der Waals surface area contributed by atoms with Gasteiger partial charge in [0.15, 0.2) is 0 Å². The van der Waals surface area contributed by atoms with E-state index in [-0.39, 0.29) is 16.9 Å². The van der Waals surface area contributed by atoms with Gasteiger partial charge in [-0.1, -0.05) is 55.7 Å². The number of esters is 1. The first-order chi connectivity index (χ1) is 14.1. The van der Waals surface area contributed by atoms with Gasteiger partial charge in [0.25, 0.3) is 6.23 Å². The molecule has 1 N–H and O–H groups in total. The fraction of sp³-hybridized carbons (Fsp3) is 0.280. The van der Waals surface area contributed by atoms with E-state index in [1.807, 2.05) is 63.6 Å². The number of quaternary nitrogens is 1. The normalized spacial score (nSPS) is 13.9. The van der Waals surface area contributed by atoms with Crippen molar-refractivity contribution >= 4 is 12.0 Å². The van der Waals surface area contributed by atoms with Crippen molar-refractivity contribution in [3.8, 4) is 6.07 Å². The van der Waals surface area contributed by atoms with Crippen LogP contribution in [0.3, 0.4) is 0 Å². The summed E-state index contributed by atoms with van der Waals surface area (Å²) in [5.74, 6) is -0.526. The molecule has 31 heavy (non-hydrogen) atoms. The minimum Gasteiger partial charge on any atom is -1.00 e. The highest BCUT2D eigenvalue weighted by atomic mass is 35.5. The maximum absolute atomic E-state index is 12.5. The highest BCUT2D eigenvalue weighted by molar-refractivity contribution is 5.88. The number of nitriles is 1. The molecular formula is C25H31ClN2O3. The van der Waals surface area contributed by atoms with Crippen molar-refractivity contribution in [2.24, 2.45) is 0 Å². The highest BCUT2D eigenvalue weighted by Gasteiger charge is 2.33. The Morgan fingerprint density at radius 1 is 1.32 bits per heavy atom. The number of rotatable bonds is 10. The van der Waals surface area contributed by atoms with Gasteiger partial charge in [-0.15, -0.1) is 0 Å². The van der Waals surface area contributed by atoms with E-state index in [1.54, 1.807) is 25.2 Å². The van der Waals surface area contributed by atoms with Crippen molar-refractivity contribution in [1.82, 2.24) is 0 Å². The molecule has 5 nitrogen and oxygen atoms in total. The lowest BCUT2D eigenvalue weighted by Gasteiger charge is -2.34. The zero-order chi connectivity index (χ0) is 22.7. The monoisotopic (exact) mass is 442 g/mol. The molecule has 1 aromatic rings. The molecule has 2 unspecified atom stereocenters. The van der Waals surface area contributed by atoms with Gasteiger partial charge in [0.1, 0.15) is 6.10 Å². The summed E-state index contributed by atoms with van der Waals surface area (Å²) < 4.78 is 5.79. The van der Waals surface area contributed by atoms with Gasteiger partial charge in [-0.2, -0.15) is 5.26 Å². The second-order valence-corrected chi connectivity index (χ2v) is 7.88. The molecule has 0 radical (unpaired) electrons. The Hall–Kier alpha value is -2.91. The maximum Gasteiger partial charge on any atom is 0.338 e. The minimum absolute atomic E-state index is 0. The number of aliphatic hydroxyl groups excluding tert-OH is 1. The van der Waals surface area contributed by atoms with E-state index in [2.05, 4.69) is 13.2 Å². The number of allylic oxidation sites excluding steroid dienone is 6. The predicted molar refractivity (Wildman–Crippen MR) is 121 cm³/mol. The average molecular weight is 443 g/mol. The topological polar surface area (TPSA) is 70.3 Å². The summed E-state index contributed by atoms with van der Waals surface area (Å²) in [4.78, 5) is 12.5. The van der Waals surface area contributed by atoms with Crippen LogP contribution in [0.25, 0.3) is 6.08 Å². The molecule has 0 amide bonds. The van der Waals surface area contributed by atoms with Gasteiger partial charge in [-0.3, -0.25) is 4.48 Å². The first-order valence-corrected chi connectivity index (χ1v) is 9.62. The quantitative estimate of drug-likeness (QED) is 0.146. The molecule has 0 saturated carbocycles. The number of benzene rings is 1. The number of likely N-dealkylation sites (N-methyl/N-ethyl adjacent to an activating group) is 1. The number of hydrogen-bond donors (Lipinski definition) is 1. The lowest BCUT2D eigenvalue weighted by atomic mass is 10.0. The molecule has 0 bridgehead atoms. The number of hydrogen-bond acceptors (Lipinski definition) is 4. The van der Waals surface area contributed by atoms with E-state index in [4.69, 9.17) is 10.00 Å². The van der Waals surface area contributed by atoms with Crippen LogP contribution in [0.1, 0.15) is 18.1 Å². The molecule has 0 aliphatic carbocycles. The van der Waals surface area contributed by atoms with Gasteiger partial charge in [-0.05, 0) is 35.8 Å². The van der Waals surface area contributed by atoms with Gasteiger partial charge in [0.05, 0.1) is 27.2 Å². The first kappa shape index (κ1) is 28.1. The van der Waals surface area contributed by atoms with Crippen LogP contribution >= 0.6 is 0 Å². The van der Waals surface area contributed by atoms with E-state index >= 15 is 0 Å². The van der Waals surface area contributed by atoms with E-state index in [9.17, 15) is 9.90 Å². The molecule has 0 heterocycles. The van der Waals surface area contributed by atoms with Crippen molar-refractivity contribution in [2.45, 2.75) is 25.7 Å². The summed E-state index contributed by atoms with van der Waals surface area (Å²) in [5.41, 5.74) is 2.98. The smallest absolute Gasteiger partial charge is 0.338 e. The standard InChI is InChI=1S/C25H31N2O3.ClH/c1-7-8-11-21(14-10-15-26)17-23-13-9-12-22(18-23)16-19(2)25(29)30-24(20(3)28)27(4,5)6;/h7-14,17-18,20,24,28H,1-2,16H2,3-6H3;1H/q+1;/p-1.